The Morgan fingerprint density at radius 2 is 2.00 bits per heavy atom. The van der Waals surface area contributed by atoms with Crippen molar-refractivity contribution in [2.45, 2.75) is 38.0 Å². The van der Waals surface area contributed by atoms with Gasteiger partial charge in [-0.05, 0) is 42.5 Å². The van der Waals surface area contributed by atoms with E-state index in [9.17, 15) is 4.39 Å². The number of ether oxygens (including phenoxy) is 1. The van der Waals surface area contributed by atoms with E-state index in [4.69, 9.17) is 15.0 Å². The summed E-state index contributed by atoms with van der Waals surface area (Å²) in [6.07, 6.45) is 5.81. The lowest BCUT2D eigenvalue weighted by molar-refractivity contribution is 0.408. The lowest BCUT2D eigenvalue weighted by Gasteiger charge is -2.20. The highest BCUT2D eigenvalue weighted by atomic mass is 32.1. The molecule has 0 unspecified atom stereocenters. The van der Waals surface area contributed by atoms with Crippen LogP contribution in [-0.4, -0.2) is 9.97 Å². The second kappa shape index (κ2) is 6.77. The van der Waals surface area contributed by atoms with Crippen LogP contribution >= 0.6 is 11.3 Å². The third-order valence-electron chi connectivity index (χ3n) is 4.53. The summed E-state index contributed by atoms with van der Waals surface area (Å²) < 4.78 is 20.8. The predicted molar refractivity (Wildman–Crippen MR) is 94.4 cm³/mol. The molecule has 0 bridgehead atoms. The molecule has 0 saturated heterocycles. The zero-order valence-electron chi connectivity index (χ0n) is 13.5. The number of nitrogens with zero attached hydrogens (tertiary/aromatic N) is 3. The van der Waals surface area contributed by atoms with Crippen LogP contribution in [0, 0.1) is 17.1 Å². The number of nitriles is 1. The molecule has 0 aliphatic heterocycles. The average Bonchev–Trinajstić information content (AvgIpc) is 3.13. The van der Waals surface area contributed by atoms with Crippen LogP contribution in [0.4, 0.5) is 4.39 Å². The number of halogens is 1. The molecule has 2 aromatic heterocycles. The highest BCUT2D eigenvalue weighted by Gasteiger charge is 2.21. The molecule has 4 rings (SSSR count). The minimum Gasteiger partial charge on any atom is -0.434 e. The first-order valence-corrected chi connectivity index (χ1v) is 9.25. The van der Waals surface area contributed by atoms with Gasteiger partial charge in [-0.3, -0.25) is 0 Å². The molecule has 25 heavy (non-hydrogen) atoms. The van der Waals surface area contributed by atoms with Crippen LogP contribution < -0.4 is 4.74 Å². The van der Waals surface area contributed by atoms with Crippen molar-refractivity contribution in [3.8, 4) is 17.7 Å². The Balaban J connectivity index is 1.73. The number of fused-ring (bicyclic) bond motifs is 1. The van der Waals surface area contributed by atoms with Crippen molar-refractivity contribution in [3.63, 3.8) is 0 Å². The van der Waals surface area contributed by atoms with E-state index in [0.29, 0.717) is 11.8 Å². The molecule has 126 valence electrons. The normalized spacial score (nSPS) is 15.2. The Morgan fingerprint density at radius 3 is 2.76 bits per heavy atom. The maximum Gasteiger partial charge on any atom is 0.240 e. The van der Waals surface area contributed by atoms with Crippen molar-refractivity contribution in [1.29, 1.82) is 5.26 Å². The van der Waals surface area contributed by atoms with E-state index >= 15 is 0 Å². The molecular weight excluding hydrogens is 337 g/mol. The monoisotopic (exact) mass is 353 g/mol. The standard InChI is InChI=1S/C19H16FN3OS/c20-14-10-12(11-21)6-7-16(14)24-19-17-15(8-9-25-17)22-18(23-19)13-4-2-1-3-5-13/h6-10,13H,1-5H2. The number of rotatable bonds is 3. The lowest BCUT2D eigenvalue weighted by Crippen LogP contribution is -2.09. The third-order valence-corrected chi connectivity index (χ3v) is 5.42. The summed E-state index contributed by atoms with van der Waals surface area (Å²) in [5.74, 6) is 1.02. The fourth-order valence-electron chi connectivity index (χ4n) is 3.22. The van der Waals surface area contributed by atoms with E-state index < -0.39 is 5.82 Å². The molecule has 0 radical (unpaired) electrons. The third kappa shape index (κ3) is 3.20. The molecule has 0 atom stereocenters. The molecule has 0 spiro atoms. The summed E-state index contributed by atoms with van der Waals surface area (Å²) in [6, 6.07) is 8.03. The second-order valence-electron chi connectivity index (χ2n) is 6.22. The van der Waals surface area contributed by atoms with E-state index in [2.05, 4.69) is 4.98 Å². The summed E-state index contributed by atoms with van der Waals surface area (Å²) >= 11 is 1.48. The van der Waals surface area contributed by atoms with E-state index in [1.54, 1.807) is 0 Å². The zero-order valence-corrected chi connectivity index (χ0v) is 14.4. The van der Waals surface area contributed by atoms with Crippen LogP contribution in [0.15, 0.2) is 29.6 Å². The molecule has 1 aliphatic carbocycles. The summed E-state index contributed by atoms with van der Waals surface area (Å²) in [4.78, 5) is 9.31. The van der Waals surface area contributed by atoms with Gasteiger partial charge in [-0.2, -0.15) is 10.2 Å². The first-order chi connectivity index (χ1) is 12.2. The summed E-state index contributed by atoms with van der Waals surface area (Å²) in [5.41, 5.74) is 1.10. The minimum atomic E-state index is -0.568. The maximum absolute atomic E-state index is 14.2. The Hall–Kier alpha value is -2.52. The number of hydrogen-bond acceptors (Lipinski definition) is 5. The molecule has 0 amide bonds. The van der Waals surface area contributed by atoms with Crippen LogP contribution in [-0.2, 0) is 0 Å². The molecule has 3 aromatic rings. The summed E-state index contributed by atoms with van der Waals surface area (Å²) in [6.45, 7) is 0. The van der Waals surface area contributed by atoms with Gasteiger partial charge < -0.3 is 4.74 Å². The smallest absolute Gasteiger partial charge is 0.240 e. The SMILES string of the molecule is N#Cc1ccc(Oc2nc(C3CCCCC3)nc3ccsc23)c(F)c1. The van der Waals surface area contributed by atoms with E-state index in [0.717, 1.165) is 28.9 Å². The minimum absolute atomic E-state index is 0.0713. The predicted octanol–water partition coefficient (Wildman–Crippen LogP) is 5.54. The Kier molecular flexibility index (Phi) is 4.33. The Bertz CT molecular complexity index is 957. The first-order valence-electron chi connectivity index (χ1n) is 8.37. The van der Waals surface area contributed by atoms with Gasteiger partial charge >= 0.3 is 0 Å². The van der Waals surface area contributed by atoms with Gasteiger partial charge in [0.2, 0.25) is 5.88 Å². The van der Waals surface area contributed by atoms with Crippen LogP contribution in [0.25, 0.3) is 10.2 Å². The molecule has 1 aliphatic rings. The fourth-order valence-corrected chi connectivity index (χ4v) is 3.98. The van der Waals surface area contributed by atoms with Crippen molar-refractivity contribution in [2.75, 3.05) is 0 Å². The van der Waals surface area contributed by atoms with Crippen LogP contribution in [0.2, 0.25) is 0 Å². The second-order valence-corrected chi connectivity index (χ2v) is 7.13. The molecule has 4 nitrogen and oxygen atoms in total. The number of aromatic nitrogens is 2. The molecule has 0 N–H and O–H groups in total. The van der Waals surface area contributed by atoms with E-state index in [1.165, 1.54) is 48.8 Å². The van der Waals surface area contributed by atoms with Gasteiger partial charge in [0.25, 0.3) is 0 Å². The number of thiophene rings is 1. The summed E-state index contributed by atoms with van der Waals surface area (Å²) in [7, 11) is 0. The van der Waals surface area contributed by atoms with Gasteiger partial charge in [0.05, 0.1) is 17.1 Å². The largest absolute Gasteiger partial charge is 0.434 e. The molecule has 6 heteroatoms. The Labute approximate surface area is 148 Å². The Morgan fingerprint density at radius 1 is 1.16 bits per heavy atom. The van der Waals surface area contributed by atoms with Crippen molar-refractivity contribution in [3.05, 3.63) is 46.9 Å². The van der Waals surface area contributed by atoms with Crippen molar-refractivity contribution in [2.24, 2.45) is 0 Å². The van der Waals surface area contributed by atoms with Gasteiger partial charge in [-0.1, -0.05) is 19.3 Å². The molecule has 1 saturated carbocycles. The first kappa shape index (κ1) is 16.0. The average molecular weight is 353 g/mol. The van der Waals surface area contributed by atoms with Crippen LogP contribution in [0.1, 0.15) is 49.4 Å². The van der Waals surface area contributed by atoms with Crippen molar-refractivity contribution >= 4 is 21.6 Å². The number of hydrogen-bond donors (Lipinski definition) is 0. The van der Waals surface area contributed by atoms with E-state index in [1.807, 2.05) is 17.5 Å². The summed E-state index contributed by atoms with van der Waals surface area (Å²) in [5, 5.41) is 10.8. The quantitative estimate of drug-likeness (QED) is 0.620. The number of benzene rings is 1. The van der Waals surface area contributed by atoms with Crippen molar-refractivity contribution < 1.29 is 9.13 Å². The van der Waals surface area contributed by atoms with Crippen molar-refractivity contribution in [1.82, 2.24) is 9.97 Å². The maximum atomic E-state index is 14.2. The van der Waals surface area contributed by atoms with Crippen LogP contribution in [0.5, 0.6) is 11.6 Å². The van der Waals surface area contributed by atoms with Gasteiger partial charge in [0.15, 0.2) is 11.6 Å². The van der Waals surface area contributed by atoms with Gasteiger partial charge in [-0.25, -0.2) is 9.37 Å². The van der Waals surface area contributed by atoms with Gasteiger partial charge in [0, 0.05) is 5.92 Å². The topological polar surface area (TPSA) is 58.8 Å². The highest BCUT2D eigenvalue weighted by molar-refractivity contribution is 7.17. The van der Waals surface area contributed by atoms with Gasteiger partial charge in [-0.15, -0.1) is 11.3 Å². The lowest BCUT2D eigenvalue weighted by atomic mass is 9.89. The highest BCUT2D eigenvalue weighted by Crippen LogP contribution is 2.37. The zero-order chi connectivity index (χ0) is 17.2. The van der Waals surface area contributed by atoms with E-state index in [-0.39, 0.29) is 11.3 Å². The molecule has 1 fully saturated rings. The van der Waals surface area contributed by atoms with Gasteiger partial charge in [0.1, 0.15) is 10.5 Å². The molecule has 2 heterocycles. The fraction of sp³-hybridized carbons (Fsp3) is 0.316. The molecular formula is C19H16FN3OS. The van der Waals surface area contributed by atoms with Crippen LogP contribution in [0.3, 0.4) is 0 Å². The molecule has 1 aromatic carbocycles.